The zero-order valence-electron chi connectivity index (χ0n) is 12.5. The van der Waals surface area contributed by atoms with E-state index in [2.05, 4.69) is 10.0 Å². The molecule has 0 aromatic heterocycles. The summed E-state index contributed by atoms with van der Waals surface area (Å²) in [6.45, 7) is 5.51. The zero-order chi connectivity index (χ0) is 15.8. The van der Waals surface area contributed by atoms with Crippen LogP contribution in [0.3, 0.4) is 0 Å². The summed E-state index contributed by atoms with van der Waals surface area (Å²) in [5, 5.41) is 2.74. The number of carbonyl (C=O) groups is 1. The summed E-state index contributed by atoms with van der Waals surface area (Å²) in [4.78, 5) is 11.4. The summed E-state index contributed by atoms with van der Waals surface area (Å²) in [7, 11) is -3.65. The Kier molecular flexibility index (Phi) is 4.25. The van der Waals surface area contributed by atoms with Crippen molar-refractivity contribution in [3.63, 3.8) is 0 Å². The van der Waals surface area contributed by atoms with Crippen LogP contribution < -0.4 is 15.8 Å². The van der Waals surface area contributed by atoms with Crippen LogP contribution in [-0.4, -0.2) is 26.9 Å². The summed E-state index contributed by atoms with van der Waals surface area (Å²) in [5.41, 5.74) is 8.53. The van der Waals surface area contributed by atoms with E-state index in [1.807, 2.05) is 6.92 Å². The van der Waals surface area contributed by atoms with Gasteiger partial charge in [0.15, 0.2) is 0 Å². The number of nitrogens with one attached hydrogen (secondary N) is 2. The smallest absolute Gasteiger partial charge is 0.241 e. The van der Waals surface area contributed by atoms with Crippen molar-refractivity contribution in [3.05, 3.63) is 22.8 Å². The minimum Gasteiger partial charge on any atom is -0.398 e. The number of carbonyl (C=O) groups excluding carboxylic acids is 1. The molecule has 1 aromatic rings. The van der Waals surface area contributed by atoms with E-state index in [1.54, 1.807) is 19.9 Å². The number of nitrogens with two attached hydrogens (primary N) is 1. The summed E-state index contributed by atoms with van der Waals surface area (Å²) in [6, 6.07) is 1.63. The van der Waals surface area contributed by atoms with Crippen LogP contribution in [0.4, 0.5) is 5.69 Å². The molecule has 1 saturated heterocycles. The normalized spacial score (nSPS) is 18.8. The Labute approximate surface area is 125 Å². The lowest BCUT2D eigenvalue weighted by Gasteiger charge is -2.17. The molecule has 0 aliphatic carbocycles. The molecular weight excluding hydrogens is 290 g/mol. The van der Waals surface area contributed by atoms with E-state index in [-0.39, 0.29) is 23.4 Å². The Bertz CT molecular complexity index is 683. The number of rotatable bonds is 4. The summed E-state index contributed by atoms with van der Waals surface area (Å²) in [6.07, 6.45) is 1.09. The average molecular weight is 311 g/mol. The first-order chi connectivity index (χ1) is 9.72. The minimum absolute atomic E-state index is 0.0360. The van der Waals surface area contributed by atoms with E-state index in [0.29, 0.717) is 29.7 Å². The molecule has 0 saturated carbocycles. The van der Waals surface area contributed by atoms with Crippen LogP contribution in [-0.2, 0) is 14.8 Å². The highest BCUT2D eigenvalue weighted by Gasteiger charge is 2.25. The molecule has 7 heteroatoms. The third-order valence-corrected chi connectivity index (χ3v) is 5.55. The van der Waals surface area contributed by atoms with Crippen molar-refractivity contribution < 1.29 is 13.2 Å². The van der Waals surface area contributed by atoms with Gasteiger partial charge in [0.1, 0.15) is 0 Å². The van der Waals surface area contributed by atoms with Crippen molar-refractivity contribution in [2.45, 2.75) is 44.6 Å². The average Bonchev–Trinajstić information content (AvgIpc) is 2.79. The molecule has 1 aliphatic rings. The van der Waals surface area contributed by atoms with E-state index in [9.17, 15) is 13.2 Å². The number of benzene rings is 1. The molecule has 0 spiro atoms. The summed E-state index contributed by atoms with van der Waals surface area (Å²) < 4.78 is 27.6. The number of nitrogen functional groups attached to an aromatic ring is 1. The second kappa shape index (κ2) is 5.65. The molecular formula is C14H21N3O3S. The Balaban J connectivity index is 2.24. The second-order valence-electron chi connectivity index (χ2n) is 5.53. The third-order valence-electron chi connectivity index (χ3n) is 3.83. The maximum atomic E-state index is 12.5. The Morgan fingerprint density at radius 2 is 2.00 bits per heavy atom. The fourth-order valence-corrected chi connectivity index (χ4v) is 4.27. The van der Waals surface area contributed by atoms with Crippen molar-refractivity contribution in [1.29, 1.82) is 0 Å². The number of aryl methyl sites for hydroxylation is 2. The predicted molar refractivity (Wildman–Crippen MR) is 81.4 cm³/mol. The van der Waals surface area contributed by atoms with Gasteiger partial charge in [-0.25, -0.2) is 13.1 Å². The first kappa shape index (κ1) is 15.8. The Morgan fingerprint density at radius 1 is 1.33 bits per heavy atom. The molecule has 116 valence electrons. The molecule has 1 amide bonds. The molecule has 1 unspecified atom stereocenters. The van der Waals surface area contributed by atoms with Crippen molar-refractivity contribution in [2.75, 3.05) is 12.3 Å². The molecule has 1 atom stereocenters. The number of hydrogen-bond acceptors (Lipinski definition) is 4. The van der Waals surface area contributed by atoms with Crippen LogP contribution in [0, 0.1) is 20.8 Å². The van der Waals surface area contributed by atoms with Gasteiger partial charge in [-0.05, 0) is 43.9 Å². The van der Waals surface area contributed by atoms with Gasteiger partial charge >= 0.3 is 0 Å². The fourth-order valence-electron chi connectivity index (χ4n) is 2.71. The molecule has 6 nitrogen and oxygen atoms in total. The lowest BCUT2D eigenvalue weighted by molar-refractivity contribution is -0.119. The fraction of sp³-hybridized carbons (Fsp3) is 0.500. The van der Waals surface area contributed by atoms with Gasteiger partial charge in [0.25, 0.3) is 0 Å². The third kappa shape index (κ3) is 3.19. The van der Waals surface area contributed by atoms with Gasteiger partial charge in [0, 0.05) is 24.7 Å². The van der Waals surface area contributed by atoms with Gasteiger partial charge in [0.2, 0.25) is 15.9 Å². The number of anilines is 1. The standard InChI is InChI=1S/C14H21N3O3S/c1-8-6-9(2)14(10(3)13(8)15)21(19,20)16-7-11-4-5-12(18)17-11/h6,11,16H,4-5,7,15H2,1-3H3,(H,17,18). The highest BCUT2D eigenvalue weighted by Crippen LogP contribution is 2.27. The van der Waals surface area contributed by atoms with E-state index in [0.717, 1.165) is 5.56 Å². The van der Waals surface area contributed by atoms with Crippen molar-refractivity contribution in [3.8, 4) is 0 Å². The van der Waals surface area contributed by atoms with E-state index < -0.39 is 10.0 Å². The van der Waals surface area contributed by atoms with Crippen LogP contribution in [0.25, 0.3) is 0 Å². The zero-order valence-corrected chi connectivity index (χ0v) is 13.3. The van der Waals surface area contributed by atoms with E-state index in [1.165, 1.54) is 0 Å². The summed E-state index contributed by atoms with van der Waals surface area (Å²) in [5.74, 6) is -0.0360. The van der Waals surface area contributed by atoms with E-state index >= 15 is 0 Å². The molecule has 1 fully saturated rings. The maximum absolute atomic E-state index is 12.5. The monoisotopic (exact) mass is 311 g/mol. The second-order valence-corrected chi connectivity index (χ2v) is 7.24. The molecule has 21 heavy (non-hydrogen) atoms. The largest absolute Gasteiger partial charge is 0.398 e. The van der Waals surface area contributed by atoms with Gasteiger partial charge in [-0.2, -0.15) is 0 Å². The van der Waals surface area contributed by atoms with E-state index in [4.69, 9.17) is 5.73 Å². The topological polar surface area (TPSA) is 101 Å². The molecule has 1 aromatic carbocycles. The van der Waals surface area contributed by atoms with Crippen LogP contribution in [0.1, 0.15) is 29.5 Å². The van der Waals surface area contributed by atoms with Crippen molar-refractivity contribution in [2.24, 2.45) is 0 Å². The lowest BCUT2D eigenvalue weighted by atomic mass is 10.1. The molecule has 2 rings (SSSR count). The summed E-state index contributed by atoms with van der Waals surface area (Å²) >= 11 is 0. The van der Waals surface area contributed by atoms with Crippen LogP contribution in [0.2, 0.25) is 0 Å². The number of sulfonamides is 1. The lowest BCUT2D eigenvalue weighted by Crippen LogP contribution is -2.38. The SMILES string of the molecule is Cc1cc(C)c(S(=O)(=O)NCC2CCC(=O)N2)c(C)c1N. The molecule has 1 heterocycles. The van der Waals surface area contributed by atoms with Crippen LogP contribution in [0.5, 0.6) is 0 Å². The highest BCUT2D eigenvalue weighted by molar-refractivity contribution is 7.89. The number of hydrogen-bond donors (Lipinski definition) is 3. The predicted octanol–water partition coefficient (Wildman–Crippen LogP) is 0.751. The molecule has 0 radical (unpaired) electrons. The quantitative estimate of drug-likeness (QED) is 0.714. The first-order valence-corrected chi connectivity index (χ1v) is 8.36. The minimum atomic E-state index is -3.65. The maximum Gasteiger partial charge on any atom is 0.241 e. The highest BCUT2D eigenvalue weighted by atomic mass is 32.2. The van der Waals surface area contributed by atoms with Crippen LogP contribution in [0.15, 0.2) is 11.0 Å². The van der Waals surface area contributed by atoms with Crippen molar-refractivity contribution >= 4 is 21.6 Å². The first-order valence-electron chi connectivity index (χ1n) is 6.87. The van der Waals surface area contributed by atoms with Gasteiger partial charge in [-0.1, -0.05) is 6.07 Å². The molecule has 0 bridgehead atoms. The Hall–Kier alpha value is -1.60. The number of amides is 1. The van der Waals surface area contributed by atoms with Gasteiger partial charge in [-0.15, -0.1) is 0 Å². The Morgan fingerprint density at radius 3 is 2.57 bits per heavy atom. The molecule has 4 N–H and O–H groups in total. The van der Waals surface area contributed by atoms with Crippen LogP contribution >= 0.6 is 0 Å². The molecule has 1 aliphatic heterocycles. The van der Waals surface area contributed by atoms with Gasteiger partial charge in [-0.3, -0.25) is 4.79 Å². The van der Waals surface area contributed by atoms with Crippen molar-refractivity contribution in [1.82, 2.24) is 10.0 Å². The van der Waals surface area contributed by atoms with Gasteiger partial charge < -0.3 is 11.1 Å². The van der Waals surface area contributed by atoms with Gasteiger partial charge in [0.05, 0.1) is 4.90 Å².